The molecule has 1 fully saturated rings. The Morgan fingerprint density at radius 3 is 2.58 bits per heavy atom. The Kier molecular flexibility index (Phi) is 11.9. The Labute approximate surface area is 307 Å². The first kappa shape index (κ1) is 37.7. The van der Waals surface area contributed by atoms with E-state index >= 15 is 0 Å². The molecule has 1 atom stereocenters. The van der Waals surface area contributed by atoms with Crippen LogP contribution in [0.15, 0.2) is 60.2 Å². The molecule has 6 rings (SSSR count). The van der Waals surface area contributed by atoms with Crippen LogP contribution >= 0.6 is 11.3 Å². The molecule has 14 heteroatoms. The number of nitrogens with one attached hydrogen (secondary N) is 1. The number of amides is 2. The summed E-state index contributed by atoms with van der Waals surface area (Å²) in [5.41, 5.74) is 2.02. The molecule has 0 aliphatic carbocycles. The summed E-state index contributed by atoms with van der Waals surface area (Å²) in [7, 11) is 0. The number of nitrogens with zero attached hydrogens (tertiary/aromatic N) is 3. The summed E-state index contributed by atoms with van der Waals surface area (Å²) >= 11 is 1.33. The molecule has 3 aromatic carbocycles. The highest BCUT2D eigenvalue weighted by Gasteiger charge is 2.29. The quantitative estimate of drug-likeness (QED) is 0.0951. The van der Waals surface area contributed by atoms with Gasteiger partial charge in [-0.05, 0) is 60.7 Å². The Balaban J connectivity index is 0.967. The summed E-state index contributed by atoms with van der Waals surface area (Å²) < 4.78 is 65.2. The minimum atomic E-state index is -1.72. The van der Waals surface area contributed by atoms with E-state index in [1.807, 2.05) is 36.4 Å². The number of piperidine rings is 1. The summed E-state index contributed by atoms with van der Waals surface area (Å²) in [5, 5.41) is 15.2. The van der Waals surface area contributed by atoms with Gasteiger partial charge < -0.3 is 24.6 Å². The third-order valence-corrected chi connectivity index (χ3v) is 10.6. The standard InChI is InChI=1S/C39H36F4N4O5S/c1-23(32(48)22-52-37-35(42)30(40)18-31(41)36(37)43)13-17-51-25-8-5-14-46(20-25)15-12-34(49)47-16-11-27-29(19-44)39(53-33(27)21-47)45-38(50)28-10-4-7-24-6-2-3-9-26(24)28/h2-4,6-7,9-10,13,18,25H,5,8,11-12,14-17,20-22H2,1H3,(H,45,50)/b23-13+. The van der Waals surface area contributed by atoms with Crippen LogP contribution in [0.3, 0.4) is 0 Å². The van der Waals surface area contributed by atoms with Crippen molar-refractivity contribution in [3.05, 3.63) is 105 Å². The van der Waals surface area contributed by atoms with Gasteiger partial charge in [0.15, 0.2) is 29.8 Å². The number of ketones is 1. The normalized spacial score (nSPS) is 16.3. The van der Waals surface area contributed by atoms with Crippen molar-refractivity contribution in [2.75, 3.05) is 44.7 Å². The summed E-state index contributed by atoms with van der Waals surface area (Å²) in [6, 6.07) is 15.4. The second-order valence-electron chi connectivity index (χ2n) is 12.9. The summed E-state index contributed by atoms with van der Waals surface area (Å²) in [6.45, 7) is 3.47. The van der Waals surface area contributed by atoms with Gasteiger partial charge in [-0.25, -0.2) is 8.78 Å². The Morgan fingerprint density at radius 1 is 1.06 bits per heavy atom. The number of thiophene rings is 1. The molecular formula is C39H36F4N4O5S. The summed E-state index contributed by atoms with van der Waals surface area (Å²) in [5.74, 6) is -8.94. The van der Waals surface area contributed by atoms with Crippen LogP contribution in [-0.2, 0) is 27.3 Å². The molecule has 1 unspecified atom stereocenters. The van der Waals surface area contributed by atoms with Gasteiger partial charge in [-0.15, -0.1) is 11.3 Å². The highest BCUT2D eigenvalue weighted by molar-refractivity contribution is 7.16. The maximum atomic E-state index is 13.8. The fraction of sp³-hybridized carbons (Fsp3) is 0.333. The van der Waals surface area contributed by atoms with E-state index in [-0.39, 0.29) is 36.2 Å². The Morgan fingerprint density at radius 2 is 1.81 bits per heavy atom. The number of nitriles is 1. The van der Waals surface area contributed by atoms with Crippen LogP contribution in [0.2, 0.25) is 0 Å². The number of carbonyl (C=O) groups is 3. The van der Waals surface area contributed by atoms with Crippen LogP contribution in [0.5, 0.6) is 5.75 Å². The van der Waals surface area contributed by atoms with Crippen molar-refractivity contribution in [1.82, 2.24) is 9.80 Å². The lowest BCUT2D eigenvalue weighted by Gasteiger charge is -2.33. The first-order valence-electron chi connectivity index (χ1n) is 17.1. The lowest BCUT2D eigenvalue weighted by molar-refractivity contribution is -0.132. The maximum absolute atomic E-state index is 13.8. The van der Waals surface area contributed by atoms with Crippen molar-refractivity contribution in [3.8, 4) is 11.8 Å². The van der Waals surface area contributed by atoms with E-state index in [2.05, 4.69) is 16.3 Å². The van der Waals surface area contributed by atoms with E-state index in [9.17, 15) is 37.2 Å². The highest BCUT2D eigenvalue weighted by atomic mass is 32.1. The van der Waals surface area contributed by atoms with Crippen LogP contribution in [0.25, 0.3) is 10.8 Å². The number of hydrogen-bond acceptors (Lipinski definition) is 8. The molecule has 1 N–H and O–H groups in total. The second kappa shape index (κ2) is 16.7. The van der Waals surface area contributed by atoms with Gasteiger partial charge in [0.25, 0.3) is 5.91 Å². The van der Waals surface area contributed by atoms with Crippen molar-refractivity contribution in [2.24, 2.45) is 0 Å². The van der Waals surface area contributed by atoms with Crippen molar-refractivity contribution in [2.45, 2.75) is 45.3 Å². The third-order valence-electron chi connectivity index (χ3n) is 9.47. The van der Waals surface area contributed by atoms with Crippen LogP contribution in [-0.4, -0.2) is 72.9 Å². The van der Waals surface area contributed by atoms with Gasteiger partial charge in [0.05, 0.1) is 24.8 Å². The molecule has 9 nitrogen and oxygen atoms in total. The highest BCUT2D eigenvalue weighted by Crippen LogP contribution is 2.37. The van der Waals surface area contributed by atoms with Crippen molar-refractivity contribution >= 4 is 44.7 Å². The predicted molar refractivity (Wildman–Crippen MR) is 191 cm³/mol. The largest absolute Gasteiger partial charge is 0.479 e. The number of fused-ring (bicyclic) bond motifs is 2. The molecule has 2 aliphatic rings. The van der Waals surface area contributed by atoms with Gasteiger partial charge >= 0.3 is 0 Å². The number of halogens is 4. The Hall–Kier alpha value is -5.10. The van der Waals surface area contributed by atoms with Gasteiger partial charge in [0, 0.05) is 42.6 Å². The van der Waals surface area contributed by atoms with Gasteiger partial charge in [-0.3, -0.25) is 14.4 Å². The minimum absolute atomic E-state index is 0.00743. The molecule has 3 heterocycles. The second-order valence-corrected chi connectivity index (χ2v) is 14.0. The number of carbonyl (C=O) groups excluding carboxylic acids is 3. The molecule has 1 aromatic heterocycles. The minimum Gasteiger partial charge on any atom is -0.479 e. The maximum Gasteiger partial charge on any atom is 0.256 e. The molecule has 2 aliphatic heterocycles. The summed E-state index contributed by atoms with van der Waals surface area (Å²) in [6.07, 6.45) is 3.80. The molecule has 1 saturated heterocycles. The van der Waals surface area contributed by atoms with E-state index in [1.54, 1.807) is 11.0 Å². The predicted octanol–water partition coefficient (Wildman–Crippen LogP) is 6.93. The monoisotopic (exact) mass is 748 g/mol. The van der Waals surface area contributed by atoms with E-state index in [1.165, 1.54) is 24.3 Å². The first-order chi connectivity index (χ1) is 25.5. The third kappa shape index (κ3) is 8.59. The number of ether oxygens (including phenoxy) is 2. The molecule has 0 spiro atoms. The Bertz CT molecular complexity index is 2100. The first-order valence-corrected chi connectivity index (χ1v) is 18.0. The van der Waals surface area contributed by atoms with E-state index in [0.29, 0.717) is 55.1 Å². The zero-order valence-corrected chi connectivity index (χ0v) is 29.7. The SMILES string of the molecule is C/C(=C\COC1CCCN(CCC(=O)N2CCc3c(sc(NC(=O)c4cccc5ccccc45)c3C#N)C2)C1)C(=O)COc1c(F)c(F)cc(F)c1F. The van der Waals surface area contributed by atoms with Gasteiger partial charge in [0.2, 0.25) is 17.5 Å². The zero-order valence-electron chi connectivity index (χ0n) is 28.9. The smallest absolute Gasteiger partial charge is 0.256 e. The van der Waals surface area contributed by atoms with E-state index in [4.69, 9.17) is 9.47 Å². The number of hydrogen-bond donors (Lipinski definition) is 1. The van der Waals surface area contributed by atoms with Gasteiger partial charge in [0.1, 0.15) is 11.1 Å². The van der Waals surface area contributed by atoms with Crippen molar-refractivity contribution in [3.63, 3.8) is 0 Å². The topological polar surface area (TPSA) is 112 Å². The number of Topliss-reactive ketones (excluding diaryl/α,β-unsaturated/α-hetero) is 1. The summed E-state index contributed by atoms with van der Waals surface area (Å²) in [4.78, 5) is 43.8. The fourth-order valence-electron chi connectivity index (χ4n) is 6.53. The zero-order chi connectivity index (χ0) is 37.6. The van der Waals surface area contributed by atoms with E-state index in [0.717, 1.165) is 40.6 Å². The number of likely N-dealkylation sites (tertiary alicyclic amines) is 1. The van der Waals surface area contributed by atoms with Crippen molar-refractivity contribution < 1.29 is 41.4 Å². The van der Waals surface area contributed by atoms with Crippen LogP contribution in [0.1, 0.15) is 52.5 Å². The molecule has 0 bridgehead atoms. The lowest BCUT2D eigenvalue weighted by atomic mass is 10.0. The van der Waals surface area contributed by atoms with Crippen LogP contribution < -0.4 is 10.1 Å². The molecule has 276 valence electrons. The van der Waals surface area contributed by atoms with Gasteiger partial charge in [-0.1, -0.05) is 42.5 Å². The number of anilines is 1. The van der Waals surface area contributed by atoms with E-state index < -0.39 is 41.4 Å². The van der Waals surface area contributed by atoms with Crippen LogP contribution in [0.4, 0.5) is 22.6 Å². The average molecular weight is 749 g/mol. The van der Waals surface area contributed by atoms with Crippen LogP contribution in [0, 0.1) is 34.6 Å². The molecule has 2 amide bonds. The number of benzene rings is 3. The molecule has 4 aromatic rings. The molecule has 0 saturated carbocycles. The van der Waals surface area contributed by atoms with Gasteiger partial charge in [-0.2, -0.15) is 14.0 Å². The fourth-order valence-corrected chi connectivity index (χ4v) is 7.74. The van der Waals surface area contributed by atoms with Crippen molar-refractivity contribution in [1.29, 1.82) is 5.26 Å². The molecule has 0 radical (unpaired) electrons. The number of rotatable bonds is 12. The average Bonchev–Trinajstić information content (AvgIpc) is 3.51. The molecule has 53 heavy (non-hydrogen) atoms. The lowest BCUT2D eigenvalue weighted by Crippen LogP contribution is -2.42. The molecular weight excluding hydrogens is 713 g/mol.